The maximum Gasteiger partial charge on any atom is 0.227 e. The highest BCUT2D eigenvalue weighted by Gasteiger charge is 2.47. The summed E-state index contributed by atoms with van der Waals surface area (Å²) < 4.78 is 13.0. The number of halogens is 2. The van der Waals surface area contributed by atoms with Crippen LogP contribution in [0.4, 0.5) is 0 Å². The lowest BCUT2D eigenvalue weighted by molar-refractivity contribution is -0.137. The number of likely N-dealkylation sites (N-methyl/N-ethyl adjacent to an activating group) is 2. The van der Waals surface area contributed by atoms with Crippen LogP contribution >= 0.6 is 36.2 Å². The number of amides is 2. The van der Waals surface area contributed by atoms with Crippen LogP contribution in [0.5, 0.6) is 0 Å². The van der Waals surface area contributed by atoms with Crippen LogP contribution in [0.3, 0.4) is 0 Å². The molecule has 2 aromatic heterocycles. The van der Waals surface area contributed by atoms with Crippen molar-refractivity contribution in [1.29, 1.82) is 0 Å². The van der Waals surface area contributed by atoms with Gasteiger partial charge in [0.25, 0.3) is 0 Å². The van der Waals surface area contributed by atoms with Crippen LogP contribution < -0.4 is 0 Å². The summed E-state index contributed by atoms with van der Waals surface area (Å²) >= 11 is 1.75. The molecule has 0 N–H and O–H groups in total. The molecule has 2 amide bonds. The zero-order chi connectivity index (χ0) is 37.1. The molecule has 5 heterocycles. The average Bonchev–Trinajstić information content (AvgIpc) is 4.05. The predicted octanol–water partition coefficient (Wildman–Crippen LogP) is 9.15. The number of carbonyl (C=O) groups excluding carboxylic acids is 2. The first-order valence-corrected chi connectivity index (χ1v) is 21.8. The van der Waals surface area contributed by atoms with Gasteiger partial charge in [-0.15, -0.1) is 36.2 Å². The van der Waals surface area contributed by atoms with Gasteiger partial charge >= 0.3 is 0 Å². The second-order valence-electron chi connectivity index (χ2n) is 16.8. The number of rotatable bonds is 8. The molecule has 5 aliphatic rings. The normalized spacial score (nSPS) is 26.8. The van der Waals surface area contributed by atoms with E-state index in [0.717, 1.165) is 61.9 Å². The Balaban J connectivity index is 0.000000185. The number of hydrogen-bond donors (Lipinski definition) is 0. The number of nitrogens with zero attached hydrogens (tertiary/aromatic N) is 4. The molecule has 0 unspecified atom stereocenters. The van der Waals surface area contributed by atoms with Gasteiger partial charge in [-0.05, 0) is 143 Å². The molecule has 4 aromatic rings. The van der Waals surface area contributed by atoms with Crippen LogP contribution in [0.2, 0.25) is 0 Å². The Hall–Kier alpha value is -2.66. The number of furan rings is 1. The topological polar surface area (TPSA) is 69.5 Å². The van der Waals surface area contributed by atoms with Gasteiger partial charge in [-0.25, -0.2) is 0 Å². The summed E-state index contributed by atoms with van der Waals surface area (Å²) in [5.41, 5.74) is 3.14. The Morgan fingerprint density at radius 3 is 2.02 bits per heavy atom. The fourth-order valence-corrected chi connectivity index (χ4v) is 11.5. The second-order valence-corrected chi connectivity index (χ2v) is 17.7. The molecule has 8 nitrogen and oxygen atoms in total. The van der Waals surface area contributed by atoms with Crippen LogP contribution in [0.15, 0.2) is 64.6 Å². The molecular weight excluding hydrogens is 763 g/mol. The van der Waals surface area contributed by atoms with Gasteiger partial charge in [0.1, 0.15) is 5.58 Å². The first-order chi connectivity index (χ1) is 26.4. The molecular formula is C45H62Cl2N4O4S. The van der Waals surface area contributed by atoms with Crippen molar-refractivity contribution in [1.82, 2.24) is 19.6 Å². The fraction of sp³-hybridized carbons (Fsp3) is 0.600. The highest BCUT2D eigenvalue weighted by molar-refractivity contribution is 7.17. The minimum Gasteiger partial charge on any atom is -0.464 e. The quantitative estimate of drug-likeness (QED) is 0.177. The Morgan fingerprint density at radius 2 is 1.34 bits per heavy atom. The zero-order valence-corrected chi connectivity index (χ0v) is 35.8. The smallest absolute Gasteiger partial charge is 0.227 e. The number of thiophene rings is 1. The largest absolute Gasteiger partial charge is 0.464 e. The maximum atomic E-state index is 13.3. The molecule has 0 radical (unpaired) electrons. The Labute approximate surface area is 350 Å². The lowest BCUT2D eigenvalue weighted by atomic mass is 9.76. The number of carbonyl (C=O) groups is 2. The number of likely N-dealkylation sites (tertiary alicyclic amines) is 2. The van der Waals surface area contributed by atoms with Crippen LogP contribution in [-0.4, -0.2) is 108 Å². The van der Waals surface area contributed by atoms with Crippen LogP contribution in [0.1, 0.15) is 94.6 Å². The molecule has 3 saturated heterocycles. The molecule has 2 aromatic carbocycles. The zero-order valence-electron chi connectivity index (χ0n) is 33.4. The molecule has 2 aliphatic carbocycles. The van der Waals surface area contributed by atoms with E-state index in [1.165, 1.54) is 86.5 Å². The van der Waals surface area contributed by atoms with Gasteiger partial charge in [0.2, 0.25) is 11.8 Å². The number of benzene rings is 2. The van der Waals surface area contributed by atoms with Crippen molar-refractivity contribution in [2.24, 2.45) is 0 Å². The molecule has 306 valence electrons. The van der Waals surface area contributed by atoms with Crippen molar-refractivity contribution in [2.75, 3.05) is 46.9 Å². The molecule has 0 bridgehead atoms. The molecule has 56 heavy (non-hydrogen) atoms. The lowest BCUT2D eigenvalue weighted by Crippen LogP contribution is -2.58. The third-order valence-electron chi connectivity index (χ3n) is 13.7. The summed E-state index contributed by atoms with van der Waals surface area (Å²) in [6.07, 6.45) is 18.4. The molecule has 9 rings (SSSR count). The third-order valence-corrected chi connectivity index (χ3v) is 14.5. The third kappa shape index (κ3) is 9.29. The SMILES string of the molecule is CN(C(=O)Cc1cccc2occc12)[C@H]1CC[C@@]2(CCCO2)C[C@@H]1N1CCCC1.CN(C(=O)Cc1cccc2sccc12)[C@H]1CCCC[C@@H]1N1CCCC1.Cl.Cl. The van der Waals surface area contributed by atoms with E-state index < -0.39 is 0 Å². The molecule has 1 spiro atoms. The van der Waals surface area contributed by atoms with E-state index >= 15 is 0 Å². The lowest BCUT2D eigenvalue weighted by Gasteiger charge is -2.48. The first-order valence-electron chi connectivity index (χ1n) is 20.9. The summed E-state index contributed by atoms with van der Waals surface area (Å²) in [7, 11) is 4.05. The van der Waals surface area contributed by atoms with Gasteiger partial charge < -0.3 is 19.0 Å². The summed E-state index contributed by atoms with van der Waals surface area (Å²) in [6, 6.07) is 18.1. The molecule has 3 aliphatic heterocycles. The van der Waals surface area contributed by atoms with E-state index in [9.17, 15) is 9.59 Å². The van der Waals surface area contributed by atoms with E-state index in [1.54, 1.807) is 17.6 Å². The van der Waals surface area contributed by atoms with Crippen LogP contribution in [-0.2, 0) is 27.2 Å². The van der Waals surface area contributed by atoms with Gasteiger partial charge in [-0.1, -0.05) is 37.1 Å². The van der Waals surface area contributed by atoms with Gasteiger partial charge in [-0.2, -0.15) is 0 Å². The van der Waals surface area contributed by atoms with Gasteiger partial charge in [0, 0.05) is 55.0 Å². The summed E-state index contributed by atoms with van der Waals surface area (Å²) in [5, 5.41) is 4.41. The van der Waals surface area contributed by atoms with E-state index in [1.807, 2.05) is 43.3 Å². The van der Waals surface area contributed by atoms with E-state index in [2.05, 4.69) is 44.3 Å². The number of hydrogen-bond acceptors (Lipinski definition) is 7. The van der Waals surface area contributed by atoms with Crippen molar-refractivity contribution in [3.8, 4) is 0 Å². The summed E-state index contributed by atoms with van der Waals surface area (Å²) in [5.74, 6) is 0.478. The first kappa shape index (κ1) is 42.9. The summed E-state index contributed by atoms with van der Waals surface area (Å²) in [4.78, 5) is 35.7. The molecule has 11 heteroatoms. The fourth-order valence-electron chi connectivity index (χ4n) is 10.6. The van der Waals surface area contributed by atoms with Crippen molar-refractivity contribution in [3.63, 3.8) is 0 Å². The molecule has 2 saturated carbocycles. The van der Waals surface area contributed by atoms with Crippen molar-refractivity contribution in [3.05, 3.63) is 71.3 Å². The van der Waals surface area contributed by atoms with E-state index in [4.69, 9.17) is 9.15 Å². The highest BCUT2D eigenvalue weighted by atomic mass is 35.5. The van der Waals surface area contributed by atoms with Crippen LogP contribution in [0, 0.1) is 0 Å². The van der Waals surface area contributed by atoms with E-state index in [-0.39, 0.29) is 48.3 Å². The Bertz CT molecular complexity index is 1880. The number of fused-ring (bicyclic) bond motifs is 2. The molecule has 5 fully saturated rings. The van der Waals surface area contributed by atoms with Gasteiger partial charge in [0.15, 0.2) is 0 Å². The highest BCUT2D eigenvalue weighted by Crippen LogP contribution is 2.43. The Kier molecular flexibility index (Phi) is 14.9. The second kappa shape index (κ2) is 19.4. The monoisotopic (exact) mass is 824 g/mol. The van der Waals surface area contributed by atoms with E-state index in [0.29, 0.717) is 31.0 Å². The van der Waals surface area contributed by atoms with Gasteiger partial charge in [0.05, 0.1) is 24.7 Å². The Morgan fingerprint density at radius 1 is 0.714 bits per heavy atom. The van der Waals surface area contributed by atoms with Crippen molar-refractivity contribution < 1.29 is 18.7 Å². The van der Waals surface area contributed by atoms with Crippen molar-refractivity contribution in [2.45, 2.75) is 126 Å². The summed E-state index contributed by atoms with van der Waals surface area (Å²) in [6.45, 7) is 5.66. The minimum atomic E-state index is 0. The minimum absolute atomic E-state index is 0. The predicted molar refractivity (Wildman–Crippen MR) is 232 cm³/mol. The van der Waals surface area contributed by atoms with Crippen molar-refractivity contribution >= 4 is 69.0 Å². The van der Waals surface area contributed by atoms with Crippen LogP contribution in [0.25, 0.3) is 21.1 Å². The maximum absolute atomic E-state index is 13.3. The standard InChI is InChI=1S/C24H32N2O3.C21H28N2OS.2ClH/c1-25(23(27)16-18-6-4-7-22-19(18)9-15-28-22)20-8-11-24(10-5-14-29-24)17-21(20)26-12-2-3-13-26;1-22(18-8-2-3-9-19(18)23-12-4-5-13-23)21(24)15-16-7-6-10-20-17(16)11-14-25-20;;/h4,6-7,9,15,20-21H,2-3,5,8,10-14,16-17H2,1H3;6-7,10-11,14,18-19H,2-5,8-9,12-13,15H2,1H3;2*1H/t20-,21-,24-;18-,19-;;/m00../s1. The number of ether oxygens (including phenoxy) is 1. The molecule has 5 atom stereocenters. The van der Waals surface area contributed by atoms with Gasteiger partial charge in [-0.3, -0.25) is 19.4 Å². The average molecular weight is 826 g/mol.